The van der Waals surface area contributed by atoms with Crippen LogP contribution in [0.15, 0.2) is 54.7 Å². The van der Waals surface area contributed by atoms with Crippen LogP contribution in [0.25, 0.3) is 16.9 Å². The van der Waals surface area contributed by atoms with E-state index in [4.69, 9.17) is 10.8 Å². The average Bonchev–Trinajstić information content (AvgIpc) is 3.41. The molecule has 0 saturated carbocycles. The molecule has 0 aliphatic heterocycles. The van der Waals surface area contributed by atoms with Crippen molar-refractivity contribution >= 4 is 11.7 Å². The number of benzene rings is 2. The second-order valence-corrected chi connectivity index (χ2v) is 7.92. The molecule has 8 nitrogen and oxygen atoms in total. The molecule has 4 N–H and O–H groups in total. The molecule has 2 aromatic carbocycles. The Morgan fingerprint density at radius 1 is 1.21 bits per heavy atom. The standard InChI is InChI=1S/C25H25N7O/c1-16-10-11-19(17(2)13-16)23-21(15-32(31-23)18-7-4-3-5-8-18)25(33)28-12-6-9-22-20(14-26)24(27)30-29-22/h3-5,7-8,10-11,13,15H,6,9,12H2,1-2H3,(H,28,33)(H3,27,29,30). The minimum Gasteiger partial charge on any atom is -0.381 e. The molecule has 0 radical (unpaired) electrons. The lowest BCUT2D eigenvalue weighted by molar-refractivity contribution is 0.0954. The summed E-state index contributed by atoms with van der Waals surface area (Å²) in [6.45, 7) is 4.50. The number of carbonyl (C=O) groups excluding carboxylic acids is 1. The summed E-state index contributed by atoms with van der Waals surface area (Å²) in [5.41, 5.74) is 11.9. The maximum absolute atomic E-state index is 13.1. The number of anilines is 1. The van der Waals surface area contributed by atoms with Crippen LogP contribution in [0.5, 0.6) is 0 Å². The van der Waals surface area contributed by atoms with Crippen LogP contribution in [-0.4, -0.2) is 32.4 Å². The van der Waals surface area contributed by atoms with Gasteiger partial charge in [0.05, 0.1) is 16.9 Å². The summed E-state index contributed by atoms with van der Waals surface area (Å²) in [7, 11) is 0. The van der Waals surface area contributed by atoms with E-state index >= 15 is 0 Å². The van der Waals surface area contributed by atoms with Crippen molar-refractivity contribution in [2.75, 3.05) is 12.3 Å². The number of nitrogen functional groups attached to an aromatic ring is 1. The quantitative estimate of drug-likeness (QED) is 0.379. The number of nitrogens with one attached hydrogen (secondary N) is 2. The number of hydrogen-bond donors (Lipinski definition) is 3. The van der Waals surface area contributed by atoms with E-state index in [1.165, 1.54) is 0 Å². The van der Waals surface area contributed by atoms with Gasteiger partial charge in [-0.1, -0.05) is 42.0 Å². The molecule has 0 aliphatic rings. The number of carbonyl (C=O) groups is 1. The molecule has 4 rings (SSSR count). The SMILES string of the molecule is Cc1ccc(-c2nn(-c3ccccc3)cc2C(=O)NCCCc2[nH]nc(N)c2C#N)c(C)c1. The number of H-pyrrole nitrogens is 1. The van der Waals surface area contributed by atoms with Gasteiger partial charge < -0.3 is 11.1 Å². The van der Waals surface area contributed by atoms with Crippen molar-refractivity contribution in [3.8, 4) is 23.0 Å². The Bertz CT molecular complexity index is 1330. The zero-order valence-corrected chi connectivity index (χ0v) is 18.6. The Labute approximate surface area is 192 Å². The van der Waals surface area contributed by atoms with Gasteiger partial charge in [-0.25, -0.2) is 4.68 Å². The van der Waals surface area contributed by atoms with Gasteiger partial charge >= 0.3 is 0 Å². The smallest absolute Gasteiger partial charge is 0.255 e. The predicted molar refractivity (Wildman–Crippen MR) is 127 cm³/mol. The van der Waals surface area contributed by atoms with Gasteiger partial charge in [-0.2, -0.15) is 15.5 Å². The molecular formula is C25H25N7O. The summed E-state index contributed by atoms with van der Waals surface area (Å²) < 4.78 is 1.73. The molecule has 8 heteroatoms. The van der Waals surface area contributed by atoms with Gasteiger partial charge in [-0.3, -0.25) is 9.89 Å². The van der Waals surface area contributed by atoms with E-state index in [9.17, 15) is 10.1 Å². The highest BCUT2D eigenvalue weighted by atomic mass is 16.1. The summed E-state index contributed by atoms with van der Waals surface area (Å²) in [4.78, 5) is 13.1. The number of hydrogen-bond acceptors (Lipinski definition) is 5. The first-order valence-electron chi connectivity index (χ1n) is 10.7. The van der Waals surface area contributed by atoms with Crippen LogP contribution in [-0.2, 0) is 6.42 Å². The van der Waals surface area contributed by atoms with E-state index in [-0.39, 0.29) is 11.7 Å². The fourth-order valence-corrected chi connectivity index (χ4v) is 3.79. The van der Waals surface area contributed by atoms with Crippen molar-refractivity contribution in [1.29, 1.82) is 5.26 Å². The summed E-state index contributed by atoms with van der Waals surface area (Å²) in [6, 6.07) is 17.9. The van der Waals surface area contributed by atoms with Crippen LogP contribution >= 0.6 is 0 Å². The first kappa shape index (κ1) is 21.8. The molecule has 2 heterocycles. The van der Waals surface area contributed by atoms with Gasteiger partial charge in [0.25, 0.3) is 5.91 Å². The number of para-hydroxylation sites is 1. The molecule has 1 amide bonds. The van der Waals surface area contributed by atoms with Crippen molar-refractivity contribution < 1.29 is 4.79 Å². The number of nitrogens with zero attached hydrogens (tertiary/aromatic N) is 4. The van der Waals surface area contributed by atoms with Crippen LogP contribution in [0.4, 0.5) is 5.82 Å². The van der Waals surface area contributed by atoms with Crippen molar-refractivity contribution in [2.45, 2.75) is 26.7 Å². The largest absolute Gasteiger partial charge is 0.381 e. The summed E-state index contributed by atoms with van der Waals surface area (Å²) in [5.74, 6) is -0.000224. The minimum atomic E-state index is -0.197. The number of aromatic nitrogens is 4. The van der Waals surface area contributed by atoms with E-state index in [1.54, 1.807) is 10.9 Å². The number of amides is 1. The number of nitrogens with two attached hydrogens (primary N) is 1. The Morgan fingerprint density at radius 3 is 2.73 bits per heavy atom. The lowest BCUT2D eigenvalue weighted by Gasteiger charge is -2.08. The third kappa shape index (κ3) is 4.62. The van der Waals surface area contributed by atoms with E-state index in [0.717, 1.165) is 22.4 Å². The van der Waals surface area contributed by atoms with Gasteiger partial charge in [0.1, 0.15) is 17.3 Å². The maximum Gasteiger partial charge on any atom is 0.255 e. The van der Waals surface area contributed by atoms with Gasteiger partial charge in [-0.05, 0) is 44.4 Å². The Balaban J connectivity index is 1.55. The van der Waals surface area contributed by atoms with E-state index in [2.05, 4.69) is 27.6 Å². The lowest BCUT2D eigenvalue weighted by Crippen LogP contribution is -2.25. The fourth-order valence-electron chi connectivity index (χ4n) is 3.79. The van der Waals surface area contributed by atoms with Crippen LogP contribution in [0, 0.1) is 25.2 Å². The van der Waals surface area contributed by atoms with Crippen molar-refractivity contribution in [3.63, 3.8) is 0 Å². The highest BCUT2D eigenvalue weighted by molar-refractivity contribution is 6.00. The third-order valence-electron chi connectivity index (χ3n) is 5.49. The number of nitriles is 1. The topological polar surface area (TPSA) is 125 Å². The predicted octanol–water partition coefficient (Wildman–Crippen LogP) is 3.70. The maximum atomic E-state index is 13.1. The molecule has 0 saturated heterocycles. The van der Waals surface area contributed by atoms with E-state index in [0.29, 0.717) is 41.9 Å². The molecule has 0 spiro atoms. The lowest BCUT2D eigenvalue weighted by atomic mass is 10.0. The third-order valence-corrected chi connectivity index (χ3v) is 5.49. The average molecular weight is 440 g/mol. The van der Waals surface area contributed by atoms with Crippen molar-refractivity contribution in [3.05, 3.63) is 82.7 Å². The van der Waals surface area contributed by atoms with Crippen LogP contribution < -0.4 is 11.1 Å². The number of rotatable bonds is 7. The molecule has 166 valence electrons. The minimum absolute atomic E-state index is 0.197. The first-order chi connectivity index (χ1) is 16.0. The highest BCUT2D eigenvalue weighted by Crippen LogP contribution is 2.27. The van der Waals surface area contributed by atoms with Crippen LogP contribution in [0.3, 0.4) is 0 Å². The van der Waals surface area contributed by atoms with Crippen LogP contribution in [0.1, 0.15) is 39.2 Å². The molecule has 0 bridgehead atoms. The first-order valence-corrected chi connectivity index (χ1v) is 10.7. The molecule has 4 aromatic rings. The van der Waals surface area contributed by atoms with E-state index < -0.39 is 0 Å². The highest BCUT2D eigenvalue weighted by Gasteiger charge is 2.20. The van der Waals surface area contributed by atoms with Gasteiger partial charge in [0, 0.05) is 18.3 Å². The molecular weight excluding hydrogens is 414 g/mol. The zero-order chi connectivity index (χ0) is 23.4. The van der Waals surface area contributed by atoms with Gasteiger partial charge in [-0.15, -0.1) is 0 Å². The second-order valence-electron chi connectivity index (χ2n) is 7.92. The van der Waals surface area contributed by atoms with Gasteiger partial charge in [0.15, 0.2) is 5.82 Å². The molecule has 0 fully saturated rings. The van der Waals surface area contributed by atoms with Gasteiger partial charge in [0.2, 0.25) is 0 Å². The van der Waals surface area contributed by atoms with E-state index in [1.807, 2.05) is 56.3 Å². The van der Waals surface area contributed by atoms with Crippen molar-refractivity contribution in [1.82, 2.24) is 25.3 Å². The molecule has 0 atom stereocenters. The molecule has 2 aromatic heterocycles. The Hall–Kier alpha value is -4.38. The zero-order valence-electron chi connectivity index (χ0n) is 18.6. The van der Waals surface area contributed by atoms with Crippen molar-refractivity contribution in [2.24, 2.45) is 0 Å². The molecule has 33 heavy (non-hydrogen) atoms. The Morgan fingerprint density at radius 2 is 2.00 bits per heavy atom. The summed E-state index contributed by atoms with van der Waals surface area (Å²) in [6.07, 6.45) is 2.96. The summed E-state index contributed by atoms with van der Waals surface area (Å²) >= 11 is 0. The molecule has 0 unspecified atom stereocenters. The number of aromatic amines is 1. The normalized spacial score (nSPS) is 10.7. The monoisotopic (exact) mass is 439 g/mol. The fraction of sp³-hybridized carbons (Fsp3) is 0.200. The molecule has 0 aliphatic carbocycles. The summed E-state index contributed by atoms with van der Waals surface area (Å²) in [5, 5.41) is 23.6. The number of aryl methyl sites for hydroxylation is 3. The second kappa shape index (κ2) is 9.40. The Kier molecular flexibility index (Phi) is 6.22. The van der Waals surface area contributed by atoms with Crippen LogP contribution in [0.2, 0.25) is 0 Å².